The second-order valence-electron chi connectivity index (χ2n) is 5.17. The van der Waals surface area contributed by atoms with Gasteiger partial charge >= 0.3 is 0 Å². The van der Waals surface area contributed by atoms with Gasteiger partial charge in [-0.2, -0.15) is 4.98 Å². The summed E-state index contributed by atoms with van der Waals surface area (Å²) < 4.78 is 1.12. The normalized spacial score (nSPS) is 17.6. The molecule has 0 aliphatic carbocycles. The second kappa shape index (κ2) is 6.71. The molecule has 0 saturated carbocycles. The standard InChI is InChI=1S/C15H17BrClN5/c1-18-14-12(17)8-19-15(21-14)20-10-6-7-22(9-10)13-5-3-2-4-11(13)16/h2-5,8,10H,6-7,9H2,1H3,(H2,18,19,20,21). The fraction of sp³-hybridized carbons (Fsp3) is 0.333. The van der Waals surface area contributed by atoms with Gasteiger partial charge in [-0.05, 0) is 34.5 Å². The average Bonchev–Trinajstić information content (AvgIpc) is 2.98. The molecule has 0 spiro atoms. The Morgan fingerprint density at radius 1 is 1.36 bits per heavy atom. The fourth-order valence-electron chi connectivity index (χ4n) is 2.60. The summed E-state index contributed by atoms with van der Waals surface area (Å²) in [5.41, 5.74) is 1.22. The molecule has 2 N–H and O–H groups in total. The summed E-state index contributed by atoms with van der Waals surface area (Å²) in [5.74, 6) is 1.24. The third kappa shape index (κ3) is 3.28. The molecular formula is C15H17BrClN5. The highest BCUT2D eigenvalue weighted by Crippen LogP contribution is 2.29. The van der Waals surface area contributed by atoms with E-state index in [-0.39, 0.29) is 0 Å². The maximum absolute atomic E-state index is 6.00. The minimum Gasteiger partial charge on any atom is -0.372 e. The highest BCUT2D eigenvalue weighted by Gasteiger charge is 2.24. The van der Waals surface area contributed by atoms with Crippen LogP contribution >= 0.6 is 27.5 Å². The highest BCUT2D eigenvalue weighted by molar-refractivity contribution is 9.10. The molecule has 2 aromatic rings. The van der Waals surface area contributed by atoms with Crippen molar-refractivity contribution in [2.45, 2.75) is 12.5 Å². The van der Waals surface area contributed by atoms with Gasteiger partial charge in [0.1, 0.15) is 10.8 Å². The van der Waals surface area contributed by atoms with Crippen LogP contribution in [0.2, 0.25) is 5.02 Å². The highest BCUT2D eigenvalue weighted by atomic mass is 79.9. The van der Waals surface area contributed by atoms with Gasteiger partial charge in [0.05, 0.1) is 11.9 Å². The van der Waals surface area contributed by atoms with Crippen LogP contribution in [0.15, 0.2) is 34.9 Å². The predicted octanol–water partition coefficient (Wildman–Crippen LogP) is 3.63. The van der Waals surface area contributed by atoms with Crippen molar-refractivity contribution in [1.82, 2.24) is 9.97 Å². The van der Waals surface area contributed by atoms with Crippen LogP contribution in [-0.4, -0.2) is 36.1 Å². The summed E-state index contributed by atoms with van der Waals surface area (Å²) in [6.45, 7) is 1.93. The summed E-state index contributed by atoms with van der Waals surface area (Å²) in [6.07, 6.45) is 2.66. The Labute approximate surface area is 143 Å². The molecule has 116 valence electrons. The molecule has 0 radical (unpaired) electrons. The molecule has 2 heterocycles. The van der Waals surface area contributed by atoms with Crippen LogP contribution in [0.25, 0.3) is 0 Å². The molecule has 1 aromatic carbocycles. The van der Waals surface area contributed by atoms with Crippen molar-refractivity contribution >= 4 is 45.0 Å². The van der Waals surface area contributed by atoms with Crippen molar-refractivity contribution in [1.29, 1.82) is 0 Å². The van der Waals surface area contributed by atoms with Gasteiger partial charge in [-0.3, -0.25) is 0 Å². The molecule has 5 nitrogen and oxygen atoms in total. The third-order valence-electron chi connectivity index (χ3n) is 3.70. The first-order valence-electron chi connectivity index (χ1n) is 7.13. The smallest absolute Gasteiger partial charge is 0.224 e. The number of anilines is 3. The average molecular weight is 383 g/mol. The minimum atomic E-state index is 0.318. The summed E-state index contributed by atoms with van der Waals surface area (Å²) in [5, 5.41) is 6.87. The monoisotopic (exact) mass is 381 g/mol. The summed E-state index contributed by atoms with van der Waals surface area (Å²) >= 11 is 9.62. The topological polar surface area (TPSA) is 53.1 Å². The van der Waals surface area contributed by atoms with E-state index in [0.29, 0.717) is 22.8 Å². The molecule has 1 atom stereocenters. The molecule has 1 aromatic heterocycles. The largest absolute Gasteiger partial charge is 0.372 e. The van der Waals surface area contributed by atoms with Gasteiger partial charge in [0.15, 0.2) is 0 Å². The van der Waals surface area contributed by atoms with Crippen LogP contribution in [0.5, 0.6) is 0 Å². The Bertz CT molecular complexity index is 666. The summed E-state index contributed by atoms with van der Waals surface area (Å²) in [7, 11) is 1.79. The van der Waals surface area contributed by atoms with E-state index in [9.17, 15) is 0 Å². The summed E-state index contributed by atoms with van der Waals surface area (Å²) in [6, 6.07) is 8.60. The Balaban J connectivity index is 1.67. The van der Waals surface area contributed by atoms with Crippen LogP contribution in [0.4, 0.5) is 17.5 Å². The molecule has 0 bridgehead atoms. The molecule has 1 aliphatic rings. The lowest BCUT2D eigenvalue weighted by molar-refractivity contribution is 0.792. The Hall–Kier alpha value is -1.53. The molecule has 0 amide bonds. The van der Waals surface area contributed by atoms with E-state index in [0.717, 1.165) is 24.0 Å². The number of para-hydroxylation sites is 1. The van der Waals surface area contributed by atoms with Crippen LogP contribution < -0.4 is 15.5 Å². The first-order valence-corrected chi connectivity index (χ1v) is 8.31. The van der Waals surface area contributed by atoms with Crippen LogP contribution in [0, 0.1) is 0 Å². The Morgan fingerprint density at radius 3 is 2.95 bits per heavy atom. The third-order valence-corrected chi connectivity index (χ3v) is 4.64. The number of aromatic nitrogens is 2. The molecule has 1 saturated heterocycles. The lowest BCUT2D eigenvalue weighted by Crippen LogP contribution is -2.27. The SMILES string of the molecule is CNc1nc(NC2CCN(c3ccccc3Br)C2)ncc1Cl. The van der Waals surface area contributed by atoms with E-state index >= 15 is 0 Å². The van der Waals surface area contributed by atoms with Crippen molar-refractivity contribution in [3.63, 3.8) is 0 Å². The lowest BCUT2D eigenvalue weighted by Gasteiger charge is -2.20. The molecule has 1 fully saturated rings. The lowest BCUT2D eigenvalue weighted by atomic mass is 10.3. The number of rotatable bonds is 4. The number of benzene rings is 1. The zero-order valence-electron chi connectivity index (χ0n) is 12.2. The van der Waals surface area contributed by atoms with Gasteiger partial charge in [-0.1, -0.05) is 23.7 Å². The maximum atomic E-state index is 6.00. The van der Waals surface area contributed by atoms with Gasteiger partial charge in [0.2, 0.25) is 5.95 Å². The van der Waals surface area contributed by atoms with Crippen molar-refractivity contribution in [2.75, 3.05) is 35.7 Å². The first kappa shape index (κ1) is 15.4. The van der Waals surface area contributed by atoms with Gasteiger partial charge in [0, 0.05) is 30.7 Å². The van der Waals surface area contributed by atoms with E-state index < -0.39 is 0 Å². The van der Waals surface area contributed by atoms with Gasteiger partial charge in [-0.15, -0.1) is 0 Å². The molecule has 22 heavy (non-hydrogen) atoms. The van der Waals surface area contributed by atoms with Crippen LogP contribution in [0.3, 0.4) is 0 Å². The van der Waals surface area contributed by atoms with Crippen molar-refractivity contribution in [3.8, 4) is 0 Å². The summed E-state index contributed by atoms with van der Waals surface area (Å²) in [4.78, 5) is 11.0. The number of halogens is 2. The zero-order chi connectivity index (χ0) is 15.5. The number of hydrogen-bond donors (Lipinski definition) is 2. The molecule has 1 unspecified atom stereocenters. The van der Waals surface area contributed by atoms with Crippen LogP contribution in [-0.2, 0) is 0 Å². The van der Waals surface area contributed by atoms with Crippen LogP contribution in [0.1, 0.15) is 6.42 Å². The van der Waals surface area contributed by atoms with Gasteiger partial charge in [-0.25, -0.2) is 4.98 Å². The van der Waals surface area contributed by atoms with Crippen molar-refractivity contribution in [2.24, 2.45) is 0 Å². The minimum absolute atomic E-state index is 0.318. The molecule has 3 rings (SSSR count). The zero-order valence-corrected chi connectivity index (χ0v) is 14.5. The first-order chi connectivity index (χ1) is 10.7. The molecular weight excluding hydrogens is 366 g/mol. The number of nitrogens with one attached hydrogen (secondary N) is 2. The van der Waals surface area contributed by atoms with Crippen molar-refractivity contribution < 1.29 is 0 Å². The Kier molecular flexibility index (Phi) is 4.69. The van der Waals surface area contributed by atoms with E-state index in [1.807, 2.05) is 6.07 Å². The molecule has 1 aliphatic heterocycles. The van der Waals surface area contributed by atoms with Crippen molar-refractivity contribution in [3.05, 3.63) is 40.0 Å². The maximum Gasteiger partial charge on any atom is 0.224 e. The van der Waals surface area contributed by atoms with Gasteiger partial charge < -0.3 is 15.5 Å². The van der Waals surface area contributed by atoms with E-state index in [1.165, 1.54) is 5.69 Å². The predicted molar refractivity (Wildman–Crippen MR) is 95.0 cm³/mol. The number of hydrogen-bond acceptors (Lipinski definition) is 5. The van der Waals surface area contributed by atoms with E-state index in [1.54, 1.807) is 13.2 Å². The van der Waals surface area contributed by atoms with Gasteiger partial charge in [0.25, 0.3) is 0 Å². The molecule has 7 heteroatoms. The quantitative estimate of drug-likeness (QED) is 0.846. The Morgan fingerprint density at radius 2 is 2.18 bits per heavy atom. The fourth-order valence-corrected chi connectivity index (χ4v) is 3.32. The number of nitrogens with zero attached hydrogens (tertiary/aromatic N) is 3. The van der Waals surface area contributed by atoms with E-state index in [4.69, 9.17) is 11.6 Å². The second-order valence-corrected chi connectivity index (χ2v) is 6.43. The van der Waals surface area contributed by atoms with E-state index in [2.05, 4.69) is 59.6 Å².